The van der Waals surface area contributed by atoms with E-state index in [1.165, 1.54) is 0 Å². The summed E-state index contributed by atoms with van der Waals surface area (Å²) in [5.74, 6) is 0.520. The van der Waals surface area contributed by atoms with Crippen LogP contribution in [0.15, 0.2) is 36.7 Å². The zero-order valence-corrected chi connectivity index (χ0v) is 13.9. The van der Waals surface area contributed by atoms with Gasteiger partial charge in [0, 0.05) is 35.3 Å². The summed E-state index contributed by atoms with van der Waals surface area (Å²) in [5, 5.41) is 10.6. The van der Waals surface area contributed by atoms with E-state index in [-0.39, 0.29) is 10.8 Å². The molecular weight excluding hydrogens is 314 g/mol. The van der Waals surface area contributed by atoms with Gasteiger partial charge in [-0.3, -0.25) is 4.21 Å². The topological polar surface area (TPSA) is 80.1 Å². The molecule has 0 aliphatic carbocycles. The first-order valence-corrected chi connectivity index (χ1v) is 8.69. The van der Waals surface area contributed by atoms with Gasteiger partial charge in [-0.25, -0.2) is 9.48 Å². The maximum atomic E-state index is 12.4. The summed E-state index contributed by atoms with van der Waals surface area (Å²) in [7, 11) is -0.892. The van der Waals surface area contributed by atoms with E-state index >= 15 is 0 Å². The molecule has 122 valence electrons. The van der Waals surface area contributed by atoms with Crippen molar-refractivity contribution < 1.29 is 9.00 Å². The average Bonchev–Trinajstić information content (AvgIpc) is 3.05. The number of nitrogens with one attached hydrogen (secondary N) is 1. The highest BCUT2D eigenvalue weighted by molar-refractivity contribution is 7.86. The first-order chi connectivity index (χ1) is 11.0. The molecule has 1 saturated heterocycles. The molecule has 0 bridgehead atoms. The van der Waals surface area contributed by atoms with Crippen LogP contribution in [0.4, 0.5) is 10.5 Å². The van der Waals surface area contributed by atoms with E-state index in [1.807, 2.05) is 38.1 Å². The van der Waals surface area contributed by atoms with Gasteiger partial charge in [0.15, 0.2) is 0 Å². The molecule has 7 nitrogen and oxygen atoms in total. The van der Waals surface area contributed by atoms with E-state index in [9.17, 15) is 9.00 Å². The lowest BCUT2D eigenvalue weighted by Crippen LogP contribution is -2.53. The van der Waals surface area contributed by atoms with Crippen LogP contribution < -0.4 is 5.32 Å². The molecule has 1 atom stereocenters. The van der Waals surface area contributed by atoms with Gasteiger partial charge < -0.3 is 10.2 Å². The number of benzene rings is 1. The molecule has 0 spiro atoms. The number of carbonyl (C=O) groups excluding carboxylic acids is 1. The predicted octanol–water partition coefficient (Wildman–Crippen LogP) is 1.64. The Labute approximate surface area is 137 Å². The van der Waals surface area contributed by atoms with Gasteiger partial charge in [-0.1, -0.05) is 5.21 Å². The Hall–Kier alpha value is -2.22. The Morgan fingerprint density at radius 3 is 2.65 bits per heavy atom. The minimum absolute atomic E-state index is 0.164. The summed E-state index contributed by atoms with van der Waals surface area (Å²) in [6.45, 7) is 4.85. The van der Waals surface area contributed by atoms with Crippen LogP contribution in [-0.2, 0) is 10.8 Å². The third-order valence-electron chi connectivity index (χ3n) is 3.83. The fraction of sp³-hybridized carbons (Fsp3) is 0.400. The number of hydrogen-bond acceptors (Lipinski definition) is 4. The number of urea groups is 1. The number of rotatable bonds is 2. The second-order valence-corrected chi connectivity index (χ2v) is 8.26. The van der Waals surface area contributed by atoms with Gasteiger partial charge in [0.25, 0.3) is 0 Å². The number of hydrogen-bond donors (Lipinski definition) is 1. The summed E-state index contributed by atoms with van der Waals surface area (Å²) < 4.78 is 13.2. The van der Waals surface area contributed by atoms with Gasteiger partial charge in [0.05, 0.1) is 22.8 Å². The molecule has 0 radical (unpaired) electrons. The second kappa shape index (κ2) is 6.11. The number of anilines is 1. The van der Waals surface area contributed by atoms with Crippen LogP contribution in [0, 0.1) is 0 Å². The molecule has 0 unspecified atom stereocenters. The SMILES string of the molecule is CC1(C)CN(C(=O)Nc2ccc(-n3ccnn3)cc2)CC[S@@]1=O. The van der Waals surface area contributed by atoms with Crippen LogP contribution in [0.3, 0.4) is 0 Å². The molecule has 1 aliphatic heterocycles. The Morgan fingerprint density at radius 2 is 2.04 bits per heavy atom. The average molecular weight is 333 g/mol. The highest BCUT2D eigenvalue weighted by Gasteiger charge is 2.35. The number of amides is 2. The quantitative estimate of drug-likeness (QED) is 0.906. The largest absolute Gasteiger partial charge is 0.322 e. The lowest BCUT2D eigenvalue weighted by molar-refractivity contribution is 0.207. The van der Waals surface area contributed by atoms with Gasteiger partial charge in [-0.2, -0.15) is 0 Å². The van der Waals surface area contributed by atoms with Crippen molar-refractivity contribution in [3.05, 3.63) is 36.7 Å². The van der Waals surface area contributed by atoms with Crippen LogP contribution >= 0.6 is 0 Å². The van der Waals surface area contributed by atoms with Crippen LogP contribution in [0.1, 0.15) is 13.8 Å². The Bertz CT molecular complexity index is 712. The summed E-state index contributed by atoms with van der Waals surface area (Å²) in [5.41, 5.74) is 1.58. The highest BCUT2D eigenvalue weighted by atomic mass is 32.2. The van der Waals surface area contributed by atoms with Gasteiger partial charge in [-0.05, 0) is 38.1 Å². The van der Waals surface area contributed by atoms with Crippen molar-refractivity contribution in [2.24, 2.45) is 0 Å². The summed E-state index contributed by atoms with van der Waals surface area (Å²) >= 11 is 0. The van der Waals surface area contributed by atoms with Crippen molar-refractivity contribution in [1.29, 1.82) is 0 Å². The standard InChI is InChI=1S/C15H19N5O2S/c1-15(2)11-19(9-10-23(15)22)14(21)17-12-3-5-13(6-4-12)20-8-7-16-18-20/h3-8H,9-11H2,1-2H3,(H,17,21)/t23-/m0/s1. The monoisotopic (exact) mass is 333 g/mol. The van der Waals surface area contributed by atoms with E-state index in [2.05, 4.69) is 15.6 Å². The third kappa shape index (κ3) is 3.42. The van der Waals surface area contributed by atoms with Gasteiger partial charge in [0.1, 0.15) is 0 Å². The molecule has 3 rings (SSSR count). The first-order valence-electron chi connectivity index (χ1n) is 7.37. The predicted molar refractivity (Wildman–Crippen MR) is 89.0 cm³/mol. The Balaban J connectivity index is 1.65. The summed E-state index contributed by atoms with van der Waals surface area (Å²) in [6, 6.07) is 7.20. The molecule has 2 heterocycles. The van der Waals surface area contributed by atoms with Gasteiger partial charge in [0.2, 0.25) is 0 Å². The maximum absolute atomic E-state index is 12.4. The fourth-order valence-electron chi connectivity index (χ4n) is 2.50. The molecule has 1 aromatic carbocycles. The molecule has 8 heteroatoms. The van der Waals surface area contributed by atoms with Crippen LogP contribution in [0.2, 0.25) is 0 Å². The van der Waals surface area contributed by atoms with E-state index < -0.39 is 10.8 Å². The molecule has 2 amide bonds. The molecule has 0 saturated carbocycles. The maximum Gasteiger partial charge on any atom is 0.321 e. The summed E-state index contributed by atoms with van der Waals surface area (Å²) in [4.78, 5) is 14.1. The van der Waals surface area contributed by atoms with Crippen LogP contribution in [-0.4, -0.2) is 53.7 Å². The number of aromatic nitrogens is 3. The van der Waals surface area contributed by atoms with Crippen molar-refractivity contribution in [3.8, 4) is 5.69 Å². The normalized spacial score (nSPS) is 20.3. The highest BCUT2D eigenvalue weighted by Crippen LogP contribution is 2.21. The molecule has 1 fully saturated rings. The van der Waals surface area contributed by atoms with Crippen molar-refractivity contribution in [2.45, 2.75) is 18.6 Å². The summed E-state index contributed by atoms with van der Waals surface area (Å²) in [6.07, 6.45) is 3.36. The first kappa shape index (κ1) is 15.7. The molecule has 23 heavy (non-hydrogen) atoms. The minimum Gasteiger partial charge on any atom is -0.322 e. The number of nitrogens with zero attached hydrogens (tertiary/aromatic N) is 4. The zero-order valence-electron chi connectivity index (χ0n) is 13.1. The number of carbonyl (C=O) groups is 1. The zero-order chi connectivity index (χ0) is 16.4. The van der Waals surface area contributed by atoms with E-state index in [4.69, 9.17) is 0 Å². The Kier molecular flexibility index (Phi) is 4.16. The van der Waals surface area contributed by atoms with E-state index in [1.54, 1.807) is 22.0 Å². The van der Waals surface area contributed by atoms with Crippen molar-refractivity contribution in [2.75, 3.05) is 24.2 Å². The molecule has 1 aromatic heterocycles. The minimum atomic E-state index is -0.892. The fourth-order valence-corrected chi connectivity index (χ4v) is 3.74. The lowest BCUT2D eigenvalue weighted by Gasteiger charge is -2.37. The molecule has 1 aliphatic rings. The third-order valence-corrected chi connectivity index (χ3v) is 5.74. The van der Waals surface area contributed by atoms with E-state index in [0.29, 0.717) is 24.5 Å². The van der Waals surface area contributed by atoms with E-state index in [0.717, 1.165) is 5.69 Å². The smallest absolute Gasteiger partial charge is 0.321 e. The van der Waals surface area contributed by atoms with Crippen molar-refractivity contribution in [3.63, 3.8) is 0 Å². The van der Waals surface area contributed by atoms with Crippen LogP contribution in [0.5, 0.6) is 0 Å². The van der Waals surface area contributed by atoms with Crippen molar-refractivity contribution >= 4 is 22.5 Å². The molecular formula is C15H19N5O2S. The van der Waals surface area contributed by atoms with Gasteiger partial charge >= 0.3 is 6.03 Å². The second-order valence-electron chi connectivity index (χ2n) is 6.06. The van der Waals surface area contributed by atoms with Gasteiger partial charge in [-0.15, -0.1) is 5.10 Å². The van der Waals surface area contributed by atoms with Crippen LogP contribution in [0.25, 0.3) is 5.69 Å². The Morgan fingerprint density at radius 1 is 1.30 bits per heavy atom. The lowest BCUT2D eigenvalue weighted by atomic mass is 10.2. The molecule has 1 N–H and O–H groups in total. The molecule has 2 aromatic rings. The van der Waals surface area contributed by atoms with Crippen molar-refractivity contribution in [1.82, 2.24) is 19.9 Å².